The molecule has 0 aliphatic heterocycles. The van der Waals surface area contributed by atoms with Gasteiger partial charge in [0.1, 0.15) is 0 Å². The molecule has 0 radical (unpaired) electrons. The monoisotopic (exact) mass is 377 g/mol. The average Bonchev–Trinajstić information content (AvgIpc) is 2.59. The summed E-state index contributed by atoms with van der Waals surface area (Å²) in [7, 11) is 0. The van der Waals surface area contributed by atoms with E-state index in [-0.39, 0.29) is 0 Å². The van der Waals surface area contributed by atoms with Crippen LogP contribution >= 0.6 is 23.2 Å². The molecule has 0 amide bonds. The highest BCUT2D eigenvalue weighted by Gasteiger charge is 2.15. The molecule has 0 heterocycles. The van der Waals surface area contributed by atoms with E-state index in [1.807, 2.05) is 24.3 Å². The zero-order valence-corrected chi connectivity index (χ0v) is 16.8. The van der Waals surface area contributed by atoms with Crippen molar-refractivity contribution in [2.24, 2.45) is 0 Å². The lowest BCUT2D eigenvalue weighted by molar-refractivity contribution is 0.381. The van der Waals surface area contributed by atoms with Crippen LogP contribution in [0.5, 0.6) is 0 Å². The third kappa shape index (κ3) is 7.40. The number of nitrogens with one attached hydrogen (secondary N) is 1. The summed E-state index contributed by atoms with van der Waals surface area (Å²) >= 11 is 12.0. The van der Waals surface area contributed by atoms with Crippen molar-refractivity contribution in [3.8, 4) is 0 Å². The summed E-state index contributed by atoms with van der Waals surface area (Å²) in [4.78, 5) is 0. The van der Waals surface area contributed by atoms with Crippen molar-refractivity contribution in [2.45, 2.75) is 64.5 Å². The first kappa shape index (κ1) is 20.3. The van der Waals surface area contributed by atoms with E-state index in [9.17, 15) is 0 Å². The van der Waals surface area contributed by atoms with Gasteiger partial charge in [-0.2, -0.15) is 0 Å². The predicted octanol–water partition coefficient (Wildman–Crippen LogP) is 6.71. The van der Waals surface area contributed by atoms with Crippen molar-refractivity contribution in [3.63, 3.8) is 0 Å². The van der Waals surface area contributed by atoms with Crippen LogP contribution in [-0.2, 0) is 12.8 Å². The molecule has 0 saturated heterocycles. The van der Waals surface area contributed by atoms with Crippen molar-refractivity contribution < 1.29 is 0 Å². The summed E-state index contributed by atoms with van der Waals surface area (Å²) in [6.07, 6.45) is 6.83. The zero-order valence-electron chi connectivity index (χ0n) is 15.3. The summed E-state index contributed by atoms with van der Waals surface area (Å²) in [5, 5.41) is 5.52. The number of hydrogen-bond acceptors (Lipinski definition) is 1. The highest BCUT2D eigenvalue weighted by molar-refractivity contribution is 6.30. The van der Waals surface area contributed by atoms with E-state index in [1.165, 1.54) is 36.8 Å². The first-order valence-electron chi connectivity index (χ1n) is 9.35. The largest absolute Gasteiger partial charge is 0.311 e. The molecule has 2 aromatic rings. The Balaban J connectivity index is 2.01. The number of rotatable bonds is 10. The van der Waals surface area contributed by atoms with E-state index in [0.717, 1.165) is 22.9 Å². The van der Waals surface area contributed by atoms with Gasteiger partial charge in [-0.25, -0.2) is 0 Å². The van der Waals surface area contributed by atoms with Crippen LogP contribution in [0.3, 0.4) is 0 Å². The van der Waals surface area contributed by atoms with Gasteiger partial charge in [0, 0.05) is 22.1 Å². The fourth-order valence-electron chi connectivity index (χ4n) is 3.33. The molecule has 1 N–H and O–H groups in total. The molecule has 0 aliphatic carbocycles. The third-order valence-corrected chi connectivity index (χ3v) is 5.04. The van der Waals surface area contributed by atoms with Crippen LogP contribution in [0.25, 0.3) is 0 Å². The molecule has 0 spiro atoms. The van der Waals surface area contributed by atoms with Crippen LogP contribution in [0.2, 0.25) is 10.0 Å². The van der Waals surface area contributed by atoms with Crippen molar-refractivity contribution in [3.05, 3.63) is 69.7 Å². The SMILES string of the molecule is CCCC(Cc1ccc(Cl)cc1)NC(CCC)Cc1ccc(Cl)cc1. The summed E-state index contributed by atoms with van der Waals surface area (Å²) in [5.74, 6) is 0. The van der Waals surface area contributed by atoms with Crippen molar-refractivity contribution >= 4 is 23.2 Å². The maximum atomic E-state index is 6.01. The summed E-state index contributed by atoms with van der Waals surface area (Å²) in [6, 6.07) is 17.5. The number of halogens is 2. The zero-order chi connectivity index (χ0) is 18.1. The van der Waals surface area contributed by atoms with E-state index in [0.29, 0.717) is 12.1 Å². The Hall–Kier alpha value is -1.02. The molecule has 0 aliphatic rings. The minimum Gasteiger partial charge on any atom is -0.311 e. The molecular weight excluding hydrogens is 349 g/mol. The molecule has 0 fully saturated rings. The molecular formula is C22H29Cl2N. The first-order valence-corrected chi connectivity index (χ1v) is 10.1. The Morgan fingerprint density at radius 1 is 0.680 bits per heavy atom. The van der Waals surface area contributed by atoms with E-state index in [2.05, 4.69) is 43.4 Å². The second kappa shape index (κ2) is 10.9. The molecule has 136 valence electrons. The van der Waals surface area contributed by atoms with E-state index in [4.69, 9.17) is 23.2 Å². The minimum atomic E-state index is 0.495. The molecule has 2 aromatic carbocycles. The second-order valence-electron chi connectivity index (χ2n) is 6.80. The van der Waals surface area contributed by atoms with E-state index >= 15 is 0 Å². The molecule has 1 nitrogen and oxygen atoms in total. The molecule has 25 heavy (non-hydrogen) atoms. The number of benzene rings is 2. The fourth-order valence-corrected chi connectivity index (χ4v) is 3.58. The van der Waals surface area contributed by atoms with Crippen molar-refractivity contribution in [1.82, 2.24) is 5.32 Å². The highest BCUT2D eigenvalue weighted by Crippen LogP contribution is 2.16. The van der Waals surface area contributed by atoms with E-state index < -0.39 is 0 Å². The third-order valence-electron chi connectivity index (χ3n) is 4.54. The van der Waals surface area contributed by atoms with E-state index in [1.54, 1.807) is 0 Å². The van der Waals surface area contributed by atoms with Gasteiger partial charge in [0.2, 0.25) is 0 Å². The summed E-state index contributed by atoms with van der Waals surface area (Å²) < 4.78 is 0. The van der Waals surface area contributed by atoms with Gasteiger partial charge in [0.05, 0.1) is 0 Å². The van der Waals surface area contributed by atoms with Crippen LogP contribution in [0.4, 0.5) is 0 Å². The topological polar surface area (TPSA) is 12.0 Å². The van der Waals surface area contributed by atoms with Gasteiger partial charge in [-0.15, -0.1) is 0 Å². The van der Waals surface area contributed by atoms with Crippen LogP contribution in [-0.4, -0.2) is 12.1 Å². The molecule has 2 atom stereocenters. The minimum absolute atomic E-state index is 0.495. The Kier molecular flexibility index (Phi) is 8.81. The summed E-state index contributed by atoms with van der Waals surface area (Å²) in [5.41, 5.74) is 2.69. The maximum absolute atomic E-state index is 6.01. The molecule has 2 unspecified atom stereocenters. The molecule has 0 saturated carbocycles. The first-order chi connectivity index (χ1) is 12.1. The molecule has 0 bridgehead atoms. The molecule has 0 aromatic heterocycles. The maximum Gasteiger partial charge on any atom is 0.0406 e. The fraction of sp³-hybridized carbons (Fsp3) is 0.455. The lowest BCUT2D eigenvalue weighted by Gasteiger charge is -2.26. The standard InChI is InChI=1S/C22H29Cl2N/c1-3-5-21(15-17-7-11-19(23)12-8-17)25-22(6-4-2)16-18-9-13-20(24)14-10-18/h7-14,21-22,25H,3-6,15-16H2,1-2H3. The Labute approximate surface area is 162 Å². The van der Waals surface area contributed by atoms with Crippen molar-refractivity contribution in [2.75, 3.05) is 0 Å². The second-order valence-corrected chi connectivity index (χ2v) is 7.67. The van der Waals surface area contributed by atoms with Gasteiger partial charge in [-0.3, -0.25) is 0 Å². The normalized spacial score (nSPS) is 13.6. The molecule has 3 heteroatoms. The van der Waals surface area contributed by atoms with Crippen LogP contribution in [0, 0.1) is 0 Å². The lowest BCUT2D eigenvalue weighted by atomic mass is 9.97. The van der Waals surface area contributed by atoms with Gasteiger partial charge < -0.3 is 5.32 Å². The summed E-state index contributed by atoms with van der Waals surface area (Å²) in [6.45, 7) is 4.51. The van der Waals surface area contributed by atoms with Crippen molar-refractivity contribution in [1.29, 1.82) is 0 Å². The van der Waals surface area contributed by atoms with Gasteiger partial charge in [0.25, 0.3) is 0 Å². The predicted molar refractivity (Wildman–Crippen MR) is 111 cm³/mol. The van der Waals surface area contributed by atoms with Crippen LogP contribution in [0.1, 0.15) is 50.7 Å². The van der Waals surface area contributed by atoms with Gasteiger partial charge in [0.15, 0.2) is 0 Å². The molecule has 2 rings (SSSR count). The number of hydrogen-bond donors (Lipinski definition) is 1. The van der Waals surface area contributed by atoms with Crippen LogP contribution < -0.4 is 5.32 Å². The average molecular weight is 378 g/mol. The van der Waals surface area contributed by atoms with Gasteiger partial charge in [-0.1, -0.05) is 74.2 Å². The van der Waals surface area contributed by atoms with Gasteiger partial charge in [-0.05, 0) is 61.1 Å². The van der Waals surface area contributed by atoms with Crippen LogP contribution in [0.15, 0.2) is 48.5 Å². The Morgan fingerprint density at radius 3 is 1.36 bits per heavy atom. The lowest BCUT2D eigenvalue weighted by Crippen LogP contribution is -2.41. The Bertz CT molecular complexity index is 551. The Morgan fingerprint density at radius 2 is 1.04 bits per heavy atom. The highest BCUT2D eigenvalue weighted by atomic mass is 35.5. The smallest absolute Gasteiger partial charge is 0.0406 e. The van der Waals surface area contributed by atoms with Gasteiger partial charge >= 0.3 is 0 Å². The quantitative estimate of drug-likeness (QED) is 0.485.